The maximum Gasteiger partial charge on any atom is 0.279 e. The van der Waals surface area contributed by atoms with E-state index in [9.17, 15) is 4.79 Å². The second-order valence-corrected chi connectivity index (χ2v) is 7.78. The third-order valence-corrected chi connectivity index (χ3v) is 5.93. The number of nitrogens with one attached hydrogen (secondary N) is 2. The molecular weight excluding hydrogens is 330 g/mol. The summed E-state index contributed by atoms with van der Waals surface area (Å²) in [6, 6.07) is 16.5. The van der Waals surface area contributed by atoms with Crippen LogP contribution in [0.1, 0.15) is 29.5 Å². The zero-order valence-corrected chi connectivity index (χ0v) is 15.1. The molecule has 0 saturated carbocycles. The van der Waals surface area contributed by atoms with Crippen LogP contribution in [0.2, 0.25) is 0 Å². The Labute approximate surface area is 151 Å². The molecule has 3 aromatic rings. The van der Waals surface area contributed by atoms with Gasteiger partial charge in [0.05, 0.1) is 16.8 Å². The summed E-state index contributed by atoms with van der Waals surface area (Å²) in [5.74, 6) is 0.0774. The summed E-state index contributed by atoms with van der Waals surface area (Å²) in [6.07, 6.45) is 2.25. The number of hydrogen-bond acceptors (Lipinski definition) is 3. The van der Waals surface area contributed by atoms with Crippen molar-refractivity contribution >= 4 is 33.1 Å². The van der Waals surface area contributed by atoms with Crippen molar-refractivity contribution in [2.75, 3.05) is 18.4 Å². The number of hydrogen-bond donors (Lipinski definition) is 2. The third kappa shape index (κ3) is 3.57. The summed E-state index contributed by atoms with van der Waals surface area (Å²) in [5, 5.41) is 4.20. The van der Waals surface area contributed by atoms with Gasteiger partial charge in [0, 0.05) is 18.5 Å². The Morgan fingerprint density at radius 2 is 2.16 bits per heavy atom. The first-order chi connectivity index (χ1) is 12.2. The number of carbonyl (C=O) groups is 1. The van der Waals surface area contributed by atoms with Gasteiger partial charge in [-0.25, -0.2) is 4.98 Å². The number of carbonyl (C=O) groups excluding carboxylic acids is 1. The van der Waals surface area contributed by atoms with E-state index in [0.717, 1.165) is 41.2 Å². The Hall–Kier alpha value is -2.24. The van der Waals surface area contributed by atoms with E-state index < -0.39 is 0 Å². The molecule has 0 aliphatic carbocycles. The Morgan fingerprint density at radius 3 is 3.00 bits per heavy atom. The highest BCUT2D eigenvalue weighted by atomic mass is 32.1. The summed E-state index contributed by atoms with van der Waals surface area (Å²) >= 11 is 1.77. The van der Waals surface area contributed by atoms with E-state index in [0.29, 0.717) is 12.6 Å². The molecule has 0 spiro atoms. The van der Waals surface area contributed by atoms with Crippen molar-refractivity contribution in [3.05, 3.63) is 59.1 Å². The van der Waals surface area contributed by atoms with E-state index in [1.54, 1.807) is 11.3 Å². The molecule has 1 aliphatic rings. The number of aromatic nitrogens is 1. The van der Waals surface area contributed by atoms with Crippen LogP contribution in [0.25, 0.3) is 10.2 Å². The molecule has 1 saturated heterocycles. The lowest BCUT2D eigenvalue weighted by Crippen LogP contribution is -3.11. The molecule has 0 radical (unpaired) electrons. The van der Waals surface area contributed by atoms with E-state index in [-0.39, 0.29) is 5.91 Å². The number of benzene rings is 2. The quantitative estimate of drug-likeness (QED) is 0.758. The monoisotopic (exact) mass is 352 g/mol. The van der Waals surface area contributed by atoms with Gasteiger partial charge in [0.1, 0.15) is 6.04 Å². The van der Waals surface area contributed by atoms with Crippen molar-refractivity contribution in [1.82, 2.24) is 4.98 Å². The van der Waals surface area contributed by atoms with Crippen LogP contribution in [-0.4, -0.2) is 24.0 Å². The summed E-state index contributed by atoms with van der Waals surface area (Å²) in [6.45, 7) is 3.56. The highest BCUT2D eigenvalue weighted by molar-refractivity contribution is 7.18. The number of likely N-dealkylation sites (tertiary alicyclic amines) is 1. The smallest absolute Gasteiger partial charge is 0.279 e. The van der Waals surface area contributed by atoms with Gasteiger partial charge >= 0.3 is 0 Å². The molecule has 1 fully saturated rings. The third-order valence-electron chi connectivity index (χ3n) is 4.78. The molecule has 128 valence electrons. The minimum Gasteiger partial charge on any atom is -0.321 e. The van der Waals surface area contributed by atoms with Crippen LogP contribution in [0.5, 0.6) is 0 Å². The first-order valence-electron chi connectivity index (χ1n) is 8.75. The van der Waals surface area contributed by atoms with Crippen LogP contribution in [0.15, 0.2) is 48.5 Å². The van der Waals surface area contributed by atoms with E-state index in [1.165, 1.54) is 9.60 Å². The minimum absolute atomic E-state index is 0.0774. The molecule has 0 bridgehead atoms. The van der Waals surface area contributed by atoms with Gasteiger partial charge < -0.3 is 10.2 Å². The molecule has 2 N–H and O–H groups in total. The van der Waals surface area contributed by atoms with Crippen LogP contribution in [0, 0.1) is 6.92 Å². The fraction of sp³-hybridized carbons (Fsp3) is 0.300. The summed E-state index contributed by atoms with van der Waals surface area (Å²) in [5.41, 5.74) is 3.09. The first-order valence-corrected chi connectivity index (χ1v) is 9.57. The molecule has 1 unspecified atom stereocenters. The van der Waals surface area contributed by atoms with Gasteiger partial charge in [-0.1, -0.05) is 24.3 Å². The summed E-state index contributed by atoms with van der Waals surface area (Å²) < 4.78 is 1.23. The molecule has 4 nitrogen and oxygen atoms in total. The number of fused-ring (bicyclic) bond motifs is 1. The lowest BCUT2D eigenvalue weighted by molar-refractivity contribution is -0.910. The lowest BCUT2D eigenvalue weighted by atomic mass is 10.2. The minimum atomic E-state index is 0.0774. The maximum absolute atomic E-state index is 12.5. The average molecular weight is 352 g/mol. The van der Waals surface area contributed by atoms with Crippen molar-refractivity contribution in [3.63, 3.8) is 0 Å². The molecule has 1 aromatic heterocycles. The van der Waals surface area contributed by atoms with Crippen molar-refractivity contribution < 1.29 is 9.69 Å². The zero-order chi connectivity index (χ0) is 17.2. The summed E-state index contributed by atoms with van der Waals surface area (Å²) in [4.78, 5) is 18.6. The van der Waals surface area contributed by atoms with Gasteiger partial charge in [-0.2, -0.15) is 0 Å². The Morgan fingerprint density at radius 1 is 1.28 bits per heavy atom. The SMILES string of the molecule is Cc1cccc(NC(=O)C[NH+]2CCC[C@H]2c2nc3ccccc3s2)c1. The Bertz CT molecular complexity index is 872. The van der Waals surface area contributed by atoms with Crippen molar-refractivity contribution in [3.8, 4) is 0 Å². The number of thiazole rings is 1. The van der Waals surface area contributed by atoms with Gasteiger partial charge in [0.2, 0.25) is 0 Å². The van der Waals surface area contributed by atoms with E-state index in [1.807, 2.05) is 37.3 Å². The number of amides is 1. The molecule has 1 aliphatic heterocycles. The fourth-order valence-electron chi connectivity index (χ4n) is 3.59. The number of anilines is 1. The van der Waals surface area contributed by atoms with E-state index in [2.05, 4.69) is 23.5 Å². The molecule has 1 amide bonds. The average Bonchev–Trinajstić information content (AvgIpc) is 3.20. The fourth-order valence-corrected chi connectivity index (χ4v) is 4.76. The van der Waals surface area contributed by atoms with Gasteiger partial charge in [-0.05, 0) is 36.8 Å². The van der Waals surface area contributed by atoms with Crippen LogP contribution in [-0.2, 0) is 4.79 Å². The number of rotatable bonds is 4. The number of nitrogens with zero attached hydrogens (tertiary/aromatic N) is 1. The van der Waals surface area contributed by atoms with Crippen molar-refractivity contribution in [2.24, 2.45) is 0 Å². The summed E-state index contributed by atoms with van der Waals surface area (Å²) in [7, 11) is 0. The standard InChI is InChI=1S/C20H21N3OS/c1-14-6-4-7-15(12-14)21-19(24)13-23-11-5-9-17(23)20-22-16-8-2-3-10-18(16)25-20/h2-4,6-8,10,12,17H,5,9,11,13H2,1H3,(H,21,24)/p+1/t17-/m0/s1. The molecule has 2 heterocycles. The second-order valence-electron chi connectivity index (χ2n) is 6.72. The van der Waals surface area contributed by atoms with Crippen LogP contribution >= 0.6 is 11.3 Å². The van der Waals surface area contributed by atoms with Crippen LogP contribution in [0.4, 0.5) is 5.69 Å². The van der Waals surface area contributed by atoms with Crippen molar-refractivity contribution in [1.29, 1.82) is 0 Å². The van der Waals surface area contributed by atoms with Gasteiger partial charge in [-0.15, -0.1) is 11.3 Å². The molecular formula is C20H22N3OS+. The van der Waals surface area contributed by atoms with Crippen LogP contribution < -0.4 is 10.2 Å². The normalized spacial score (nSPS) is 20.0. The predicted molar refractivity (Wildman–Crippen MR) is 102 cm³/mol. The van der Waals surface area contributed by atoms with E-state index >= 15 is 0 Å². The largest absolute Gasteiger partial charge is 0.321 e. The lowest BCUT2D eigenvalue weighted by Gasteiger charge is -2.19. The van der Waals surface area contributed by atoms with Gasteiger partial charge in [0.25, 0.3) is 5.91 Å². The number of aryl methyl sites for hydroxylation is 1. The molecule has 25 heavy (non-hydrogen) atoms. The molecule has 4 rings (SSSR count). The highest BCUT2D eigenvalue weighted by Crippen LogP contribution is 2.28. The molecule has 2 atom stereocenters. The topological polar surface area (TPSA) is 46.4 Å². The Kier molecular flexibility index (Phi) is 4.51. The van der Waals surface area contributed by atoms with E-state index in [4.69, 9.17) is 4.98 Å². The predicted octanol–water partition coefficient (Wildman–Crippen LogP) is 2.96. The van der Waals surface area contributed by atoms with Crippen molar-refractivity contribution in [2.45, 2.75) is 25.8 Å². The van der Waals surface area contributed by atoms with Crippen LogP contribution in [0.3, 0.4) is 0 Å². The molecule has 2 aromatic carbocycles. The number of quaternary nitrogens is 1. The Balaban J connectivity index is 1.46. The maximum atomic E-state index is 12.5. The van der Waals surface area contributed by atoms with Gasteiger partial charge in [0.15, 0.2) is 11.6 Å². The highest BCUT2D eigenvalue weighted by Gasteiger charge is 2.33. The second kappa shape index (κ2) is 6.94. The van der Waals surface area contributed by atoms with Gasteiger partial charge in [-0.3, -0.25) is 4.79 Å². The first kappa shape index (κ1) is 16.2. The number of para-hydroxylation sites is 1. The molecule has 5 heteroatoms. The zero-order valence-electron chi connectivity index (χ0n) is 14.3.